The van der Waals surface area contributed by atoms with Crippen LogP contribution in [0.25, 0.3) is 0 Å². The highest BCUT2D eigenvalue weighted by Gasteiger charge is 2.62. The van der Waals surface area contributed by atoms with E-state index in [4.69, 9.17) is 15.2 Å². The molecule has 5 fully saturated rings. The predicted octanol–water partition coefficient (Wildman–Crippen LogP) is 1.90. The third-order valence-corrected chi connectivity index (χ3v) is 5.87. The van der Waals surface area contributed by atoms with Gasteiger partial charge in [0.15, 0.2) is 5.79 Å². The van der Waals surface area contributed by atoms with E-state index in [0.717, 1.165) is 31.0 Å². The van der Waals surface area contributed by atoms with Crippen LogP contribution >= 0.6 is 0 Å². The summed E-state index contributed by atoms with van der Waals surface area (Å²) in [6.45, 7) is 2.01. The molecule has 2 N–H and O–H groups in total. The number of hydrogen-bond donors (Lipinski definition) is 1. The van der Waals surface area contributed by atoms with Crippen LogP contribution in [0.15, 0.2) is 0 Å². The van der Waals surface area contributed by atoms with Crippen LogP contribution < -0.4 is 5.73 Å². The second-order valence-electron chi connectivity index (χ2n) is 6.85. The normalized spacial score (nSPS) is 51.0. The zero-order valence-corrected chi connectivity index (χ0v) is 10.5. The van der Waals surface area contributed by atoms with Crippen molar-refractivity contribution in [2.45, 2.75) is 44.3 Å². The van der Waals surface area contributed by atoms with Gasteiger partial charge in [-0.15, -0.1) is 0 Å². The Kier molecular flexibility index (Phi) is 2.19. The lowest BCUT2D eigenvalue weighted by molar-refractivity contribution is -0.275. The van der Waals surface area contributed by atoms with E-state index in [1.807, 2.05) is 0 Å². The van der Waals surface area contributed by atoms with E-state index in [2.05, 4.69) is 0 Å². The molecule has 3 heteroatoms. The van der Waals surface area contributed by atoms with Crippen molar-refractivity contribution in [2.75, 3.05) is 19.8 Å². The molecule has 0 aromatic rings. The molecular formula is C14H23NO2. The highest BCUT2D eigenvalue weighted by Crippen LogP contribution is 2.64. The minimum Gasteiger partial charge on any atom is -0.346 e. The van der Waals surface area contributed by atoms with Crippen molar-refractivity contribution in [1.82, 2.24) is 0 Å². The molecule has 17 heavy (non-hydrogen) atoms. The Morgan fingerprint density at radius 1 is 0.882 bits per heavy atom. The molecule has 4 aliphatic carbocycles. The largest absolute Gasteiger partial charge is 0.346 e. The van der Waals surface area contributed by atoms with Crippen LogP contribution in [0.1, 0.15) is 38.5 Å². The molecule has 1 aliphatic heterocycles. The molecule has 0 atom stereocenters. The topological polar surface area (TPSA) is 44.5 Å². The fraction of sp³-hybridized carbons (Fsp3) is 1.00. The fourth-order valence-electron chi connectivity index (χ4n) is 5.67. The van der Waals surface area contributed by atoms with Gasteiger partial charge in [-0.05, 0) is 56.3 Å². The summed E-state index contributed by atoms with van der Waals surface area (Å²) in [5.74, 6) is 2.36. The maximum absolute atomic E-state index is 6.04. The van der Waals surface area contributed by atoms with Crippen LogP contribution in [0.3, 0.4) is 0 Å². The van der Waals surface area contributed by atoms with Crippen molar-refractivity contribution in [3.05, 3.63) is 0 Å². The monoisotopic (exact) mass is 237 g/mol. The molecule has 0 aromatic heterocycles. The second kappa shape index (κ2) is 3.46. The minimum atomic E-state index is -0.428. The molecule has 3 nitrogen and oxygen atoms in total. The van der Waals surface area contributed by atoms with Crippen LogP contribution in [0.2, 0.25) is 0 Å². The highest BCUT2D eigenvalue weighted by molar-refractivity contribution is 5.08. The van der Waals surface area contributed by atoms with Gasteiger partial charge in [0.25, 0.3) is 0 Å². The predicted molar refractivity (Wildman–Crippen MR) is 64.3 cm³/mol. The zero-order chi connectivity index (χ0) is 11.5. The molecule has 1 saturated heterocycles. The zero-order valence-electron chi connectivity index (χ0n) is 10.5. The molecule has 0 aromatic carbocycles. The molecule has 5 aliphatic rings. The molecule has 4 saturated carbocycles. The molecule has 0 radical (unpaired) electrons. The Labute approximate surface area is 103 Å². The van der Waals surface area contributed by atoms with Crippen LogP contribution in [0, 0.1) is 23.2 Å². The Morgan fingerprint density at radius 2 is 1.35 bits per heavy atom. The Hall–Kier alpha value is -0.120. The van der Waals surface area contributed by atoms with Gasteiger partial charge in [0.2, 0.25) is 0 Å². The molecule has 0 amide bonds. The molecule has 1 heterocycles. The number of nitrogens with two attached hydrogens (primary N) is 1. The average molecular weight is 237 g/mol. The van der Waals surface area contributed by atoms with Gasteiger partial charge >= 0.3 is 0 Å². The van der Waals surface area contributed by atoms with E-state index in [9.17, 15) is 0 Å². The van der Waals surface area contributed by atoms with Gasteiger partial charge in [0, 0.05) is 12.0 Å². The molecule has 4 bridgehead atoms. The van der Waals surface area contributed by atoms with Gasteiger partial charge in [-0.1, -0.05) is 0 Å². The van der Waals surface area contributed by atoms with E-state index in [1.54, 1.807) is 0 Å². The number of rotatable bonds is 2. The third-order valence-electron chi connectivity index (χ3n) is 5.87. The van der Waals surface area contributed by atoms with Crippen LogP contribution in [0.4, 0.5) is 0 Å². The molecule has 0 spiro atoms. The van der Waals surface area contributed by atoms with Gasteiger partial charge in [-0.2, -0.15) is 0 Å². The second-order valence-corrected chi connectivity index (χ2v) is 6.85. The molecule has 5 rings (SSSR count). The maximum Gasteiger partial charge on any atom is 0.186 e. The summed E-state index contributed by atoms with van der Waals surface area (Å²) in [6, 6.07) is 0. The van der Waals surface area contributed by atoms with Gasteiger partial charge < -0.3 is 15.2 Å². The van der Waals surface area contributed by atoms with Crippen LogP contribution in [-0.2, 0) is 9.47 Å². The molecular weight excluding hydrogens is 214 g/mol. The van der Waals surface area contributed by atoms with Crippen molar-refractivity contribution in [3.8, 4) is 0 Å². The smallest absolute Gasteiger partial charge is 0.186 e. The standard InChI is InChI=1S/C14H23NO2/c15-9-14(16-1-2-17-14)13-6-10-3-11(7-13)5-12(4-10)8-13/h10-12H,1-9,15H2. The fourth-order valence-corrected chi connectivity index (χ4v) is 5.67. The Bertz CT molecular complexity index is 287. The van der Waals surface area contributed by atoms with E-state index >= 15 is 0 Å². The Morgan fingerprint density at radius 3 is 1.76 bits per heavy atom. The first-order chi connectivity index (χ1) is 8.25. The van der Waals surface area contributed by atoms with Crippen molar-refractivity contribution >= 4 is 0 Å². The lowest BCUT2D eigenvalue weighted by atomic mass is 9.47. The van der Waals surface area contributed by atoms with Crippen molar-refractivity contribution in [1.29, 1.82) is 0 Å². The van der Waals surface area contributed by atoms with Crippen LogP contribution in [0.5, 0.6) is 0 Å². The van der Waals surface area contributed by atoms with E-state index in [-0.39, 0.29) is 5.41 Å². The lowest BCUT2D eigenvalue weighted by Gasteiger charge is -2.61. The van der Waals surface area contributed by atoms with Crippen molar-refractivity contribution in [2.24, 2.45) is 28.9 Å². The first-order valence-electron chi connectivity index (χ1n) is 7.23. The third kappa shape index (κ3) is 1.33. The van der Waals surface area contributed by atoms with Gasteiger partial charge in [0.1, 0.15) is 0 Å². The lowest BCUT2D eigenvalue weighted by Crippen LogP contribution is -2.61. The van der Waals surface area contributed by atoms with Gasteiger partial charge in [-0.3, -0.25) is 0 Å². The van der Waals surface area contributed by atoms with E-state index < -0.39 is 5.79 Å². The minimum absolute atomic E-state index is 0.257. The number of hydrogen-bond acceptors (Lipinski definition) is 3. The quantitative estimate of drug-likeness (QED) is 0.798. The average Bonchev–Trinajstić information content (AvgIpc) is 2.77. The summed E-state index contributed by atoms with van der Waals surface area (Å²) in [5, 5.41) is 0. The van der Waals surface area contributed by atoms with Crippen molar-refractivity contribution in [3.63, 3.8) is 0 Å². The van der Waals surface area contributed by atoms with E-state index in [1.165, 1.54) is 38.5 Å². The molecule has 0 unspecified atom stereocenters. The van der Waals surface area contributed by atoms with Crippen molar-refractivity contribution < 1.29 is 9.47 Å². The highest BCUT2D eigenvalue weighted by atomic mass is 16.7. The summed E-state index contributed by atoms with van der Waals surface area (Å²) < 4.78 is 12.1. The summed E-state index contributed by atoms with van der Waals surface area (Å²) >= 11 is 0. The maximum atomic E-state index is 6.04. The van der Waals surface area contributed by atoms with E-state index in [0.29, 0.717) is 6.54 Å². The van der Waals surface area contributed by atoms with Crippen LogP contribution in [-0.4, -0.2) is 25.5 Å². The summed E-state index contributed by atoms with van der Waals surface area (Å²) in [5.41, 5.74) is 6.30. The first-order valence-corrected chi connectivity index (χ1v) is 7.23. The summed E-state index contributed by atoms with van der Waals surface area (Å²) in [4.78, 5) is 0. The molecule has 96 valence electrons. The Balaban J connectivity index is 1.71. The SMILES string of the molecule is NCC1(C23CC4CC(CC(C4)C2)C3)OCCO1. The first kappa shape index (κ1) is 10.8. The number of ether oxygens (including phenoxy) is 2. The van der Waals surface area contributed by atoms with Gasteiger partial charge in [0.05, 0.1) is 13.2 Å². The summed E-state index contributed by atoms with van der Waals surface area (Å²) in [7, 11) is 0. The summed E-state index contributed by atoms with van der Waals surface area (Å²) in [6.07, 6.45) is 8.28. The van der Waals surface area contributed by atoms with Gasteiger partial charge in [-0.25, -0.2) is 0 Å².